The zero-order chi connectivity index (χ0) is 16.9. The van der Waals surface area contributed by atoms with Crippen LogP contribution >= 0.6 is 0 Å². The number of aromatic amines is 1. The van der Waals surface area contributed by atoms with Gasteiger partial charge in [-0.3, -0.25) is 9.69 Å². The molecule has 1 aromatic carbocycles. The average Bonchev–Trinajstić information content (AvgIpc) is 2.98. The van der Waals surface area contributed by atoms with Crippen LogP contribution in [-0.4, -0.2) is 27.5 Å². The zero-order valence-electron chi connectivity index (χ0n) is 14.7. The molecular formula is C20H27N3O. The highest BCUT2D eigenvalue weighted by molar-refractivity contribution is 5.60. The van der Waals surface area contributed by atoms with Crippen molar-refractivity contribution >= 4 is 0 Å². The molecule has 24 heavy (non-hydrogen) atoms. The van der Waals surface area contributed by atoms with Gasteiger partial charge in [-0.25, -0.2) is 4.98 Å². The first kappa shape index (κ1) is 16.9. The van der Waals surface area contributed by atoms with Crippen LogP contribution in [0.4, 0.5) is 0 Å². The molecule has 4 nitrogen and oxygen atoms in total. The maximum atomic E-state index is 12.0. The fraction of sp³-hybridized carbons (Fsp3) is 0.500. The van der Waals surface area contributed by atoms with Gasteiger partial charge in [0.15, 0.2) is 0 Å². The van der Waals surface area contributed by atoms with Gasteiger partial charge in [-0.05, 0) is 44.7 Å². The Morgan fingerprint density at radius 1 is 1.33 bits per heavy atom. The average molecular weight is 325 g/mol. The van der Waals surface area contributed by atoms with Gasteiger partial charge in [0.2, 0.25) is 0 Å². The summed E-state index contributed by atoms with van der Waals surface area (Å²) in [4.78, 5) is 22.2. The number of aryl methyl sites for hydroxylation is 1. The van der Waals surface area contributed by atoms with Crippen molar-refractivity contribution in [2.24, 2.45) is 0 Å². The minimum Gasteiger partial charge on any atom is -0.307 e. The topological polar surface area (TPSA) is 49.0 Å². The Morgan fingerprint density at radius 2 is 2.17 bits per heavy atom. The largest absolute Gasteiger partial charge is 0.307 e. The Hall–Kier alpha value is -1.94. The van der Waals surface area contributed by atoms with Crippen LogP contribution in [0.2, 0.25) is 0 Å². The van der Waals surface area contributed by atoms with Crippen molar-refractivity contribution in [1.82, 2.24) is 14.9 Å². The molecule has 0 unspecified atom stereocenters. The lowest BCUT2D eigenvalue weighted by Crippen LogP contribution is -2.26. The molecule has 0 aliphatic carbocycles. The minimum atomic E-state index is -0.0598. The van der Waals surface area contributed by atoms with E-state index >= 15 is 0 Å². The van der Waals surface area contributed by atoms with Crippen LogP contribution in [0.25, 0.3) is 11.4 Å². The second-order valence-electron chi connectivity index (χ2n) is 6.81. The van der Waals surface area contributed by atoms with E-state index in [1.54, 1.807) is 6.07 Å². The predicted molar refractivity (Wildman–Crippen MR) is 98.0 cm³/mol. The van der Waals surface area contributed by atoms with Crippen LogP contribution in [0.15, 0.2) is 35.1 Å². The molecule has 1 aliphatic heterocycles. The number of aromatic nitrogens is 2. The number of unbranched alkanes of at least 4 members (excludes halogenated alkanes) is 1. The van der Waals surface area contributed by atoms with Crippen LogP contribution in [0.1, 0.15) is 50.8 Å². The number of likely N-dealkylation sites (tertiary alicyclic amines) is 1. The fourth-order valence-electron chi connectivity index (χ4n) is 3.46. The summed E-state index contributed by atoms with van der Waals surface area (Å²) in [6.07, 6.45) is 5.56. The number of H-pyrrole nitrogens is 1. The maximum absolute atomic E-state index is 12.0. The lowest BCUT2D eigenvalue weighted by molar-refractivity contribution is 0.260. The van der Waals surface area contributed by atoms with E-state index in [2.05, 4.69) is 41.9 Å². The molecular weight excluding hydrogens is 298 g/mol. The predicted octanol–water partition coefficient (Wildman–Crippen LogP) is 3.76. The molecule has 1 aromatic heterocycles. The minimum absolute atomic E-state index is 0.0598. The van der Waals surface area contributed by atoms with E-state index in [9.17, 15) is 4.79 Å². The standard InChI is InChI=1S/C20H27N3O/c1-3-4-10-17-13-19(24)22-20(21-17)18-11-6-5-9-16(18)14-23-12-7-8-15(23)2/h5-6,9,11,13,15H,3-4,7-8,10,12,14H2,1-2H3,(H,21,22,24)/t15-/m0/s1. The SMILES string of the molecule is CCCCc1cc(=O)[nH]c(-c2ccccc2CN2CCC[C@@H]2C)n1. The van der Waals surface area contributed by atoms with E-state index in [0.29, 0.717) is 11.9 Å². The number of benzene rings is 1. The van der Waals surface area contributed by atoms with Gasteiger partial charge in [0, 0.05) is 29.9 Å². The first-order valence-corrected chi connectivity index (χ1v) is 9.10. The molecule has 4 heteroatoms. The third-order valence-corrected chi connectivity index (χ3v) is 4.92. The molecule has 0 amide bonds. The van der Waals surface area contributed by atoms with Crippen molar-refractivity contribution < 1.29 is 0 Å². The second kappa shape index (κ2) is 7.75. The third-order valence-electron chi connectivity index (χ3n) is 4.92. The molecule has 0 saturated carbocycles. The summed E-state index contributed by atoms with van der Waals surface area (Å²) in [6, 6.07) is 10.6. The van der Waals surface area contributed by atoms with Gasteiger partial charge >= 0.3 is 0 Å². The van der Waals surface area contributed by atoms with E-state index < -0.39 is 0 Å². The number of nitrogens with one attached hydrogen (secondary N) is 1. The Bertz CT molecular complexity index is 738. The van der Waals surface area contributed by atoms with Crippen molar-refractivity contribution in [3.8, 4) is 11.4 Å². The Labute approximate surface area is 143 Å². The van der Waals surface area contributed by atoms with Crippen molar-refractivity contribution in [2.75, 3.05) is 6.54 Å². The summed E-state index contributed by atoms with van der Waals surface area (Å²) in [5.74, 6) is 0.705. The second-order valence-corrected chi connectivity index (χ2v) is 6.81. The molecule has 3 rings (SSSR count). The van der Waals surface area contributed by atoms with Crippen LogP contribution in [0.3, 0.4) is 0 Å². The molecule has 2 heterocycles. The highest BCUT2D eigenvalue weighted by atomic mass is 16.1. The molecule has 1 fully saturated rings. The Balaban J connectivity index is 1.91. The maximum Gasteiger partial charge on any atom is 0.251 e. The van der Waals surface area contributed by atoms with E-state index in [0.717, 1.165) is 43.6 Å². The van der Waals surface area contributed by atoms with E-state index in [-0.39, 0.29) is 5.56 Å². The van der Waals surface area contributed by atoms with E-state index in [1.807, 2.05) is 6.07 Å². The summed E-state index contributed by atoms with van der Waals surface area (Å²) in [6.45, 7) is 6.51. The van der Waals surface area contributed by atoms with Gasteiger partial charge in [0.25, 0.3) is 5.56 Å². The summed E-state index contributed by atoms with van der Waals surface area (Å²) in [5, 5.41) is 0. The smallest absolute Gasteiger partial charge is 0.251 e. The first-order valence-electron chi connectivity index (χ1n) is 9.10. The molecule has 1 atom stereocenters. The summed E-state index contributed by atoms with van der Waals surface area (Å²) >= 11 is 0. The Morgan fingerprint density at radius 3 is 2.92 bits per heavy atom. The first-order chi connectivity index (χ1) is 11.7. The van der Waals surface area contributed by atoms with Crippen molar-refractivity contribution in [3.63, 3.8) is 0 Å². The van der Waals surface area contributed by atoms with Crippen LogP contribution in [0.5, 0.6) is 0 Å². The van der Waals surface area contributed by atoms with Crippen LogP contribution in [-0.2, 0) is 13.0 Å². The van der Waals surface area contributed by atoms with Crippen molar-refractivity contribution in [3.05, 3.63) is 51.9 Å². The molecule has 1 aliphatic rings. The summed E-state index contributed by atoms with van der Waals surface area (Å²) in [7, 11) is 0. The lowest BCUT2D eigenvalue weighted by Gasteiger charge is -2.22. The van der Waals surface area contributed by atoms with E-state index in [1.165, 1.54) is 18.4 Å². The summed E-state index contributed by atoms with van der Waals surface area (Å²) < 4.78 is 0. The number of rotatable bonds is 6. The highest BCUT2D eigenvalue weighted by Crippen LogP contribution is 2.25. The molecule has 1 N–H and O–H groups in total. The van der Waals surface area contributed by atoms with Gasteiger partial charge in [0.05, 0.1) is 0 Å². The Kier molecular flexibility index (Phi) is 5.46. The number of nitrogens with zero attached hydrogens (tertiary/aromatic N) is 2. The van der Waals surface area contributed by atoms with Crippen molar-refractivity contribution in [1.29, 1.82) is 0 Å². The van der Waals surface area contributed by atoms with Crippen LogP contribution < -0.4 is 5.56 Å². The zero-order valence-corrected chi connectivity index (χ0v) is 14.7. The summed E-state index contributed by atoms with van der Waals surface area (Å²) in [5.41, 5.74) is 3.12. The lowest BCUT2D eigenvalue weighted by atomic mass is 10.1. The van der Waals surface area contributed by atoms with Gasteiger partial charge < -0.3 is 4.98 Å². The van der Waals surface area contributed by atoms with Gasteiger partial charge in [-0.2, -0.15) is 0 Å². The van der Waals surface area contributed by atoms with Gasteiger partial charge in [-0.15, -0.1) is 0 Å². The number of hydrogen-bond acceptors (Lipinski definition) is 3. The van der Waals surface area contributed by atoms with Gasteiger partial charge in [-0.1, -0.05) is 37.6 Å². The quantitative estimate of drug-likeness (QED) is 0.879. The van der Waals surface area contributed by atoms with E-state index in [4.69, 9.17) is 4.98 Å². The molecule has 0 radical (unpaired) electrons. The third kappa shape index (κ3) is 3.93. The molecule has 128 valence electrons. The highest BCUT2D eigenvalue weighted by Gasteiger charge is 2.21. The monoisotopic (exact) mass is 325 g/mol. The fourth-order valence-corrected chi connectivity index (χ4v) is 3.46. The molecule has 1 saturated heterocycles. The normalized spacial score (nSPS) is 18.2. The van der Waals surface area contributed by atoms with Crippen molar-refractivity contribution in [2.45, 2.75) is 58.5 Å². The number of hydrogen-bond donors (Lipinski definition) is 1. The molecule has 0 bridgehead atoms. The van der Waals surface area contributed by atoms with Gasteiger partial charge in [0.1, 0.15) is 5.82 Å². The molecule has 2 aromatic rings. The molecule has 0 spiro atoms. The van der Waals surface area contributed by atoms with Crippen LogP contribution in [0, 0.1) is 0 Å².